The number of aromatic nitrogens is 1. The van der Waals surface area contributed by atoms with E-state index in [0.29, 0.717) is 35.0 Å². The first-order valence-corrected chi connectivity index (χ1v) is 8.57. The minimum absolute atomic E-state index is 0.245. The summed E-state index contributed by atoms with van der Waals surface area (Å²) in [5.41, 5.74) is 1.99. The average Bonchev–Trinajstić information content (AvgIpc) is 2.73. The summed E-state index contributed by atoms with van der Waals surface area (Å²) >= 11 is 0. The van der Waals surface area contributed by atoms with Crippen molar-refractivity contribution < 1.29 is 18.7 Å². The fourth-order valence-electron chi connectivity index (χ4n) is 2.56. The van der Waals surface area contributed by atoms with Crippen molar-refractivity contribution in [1.82, 2.24) is 4.98 Å². The number of carbonyl (C=O) groups is 1. The zero-order valence-corrected chi connectivity index (χ0v) is 15.5. The second-order valence-corrected chi connectivity index (χ2v) is 5.90. The van der Waals surface area contributed by atoms with E-state index in [1.54, 1.807) is 55.6 Å². The molecule has 1 heterocycles. The molecule has 0 unspecified atom stereocenters. The van der Waals surface area contributed by atoms with E-state index < -0.39 is 0 Å². The van der Waals surface area contributed by atoms with Gasteiger partial charge in [-0.25, -0.2) is 9.37 Å². The quantitative estimate of drug-likeness (QED) is 0.645. The maximum atomic E-state index is 13.7. The van der Waals surface area contributed by atoms with E-state index in [1.807, 2.05) is 0 Å². The number of benzene rings is 2. The van der Waals surface area contributed by atoms with Gasteiger partial charge in [0.25, 0.3) is 5.91 Å². The first kappa shape index (κ1) is 19.2. The molecule has 3 aromatic rings. The molecule has 1 aromatic heterocycles. The van der Waals surface area contributed by atoms with Gasteiger partial charge in [0.1, 0.15) is 23.0 Å². The van der Waals surface area contributed by atoms with Crippen LogP contribution in [0.4, 0.5) is 15.8 Å². The Morgan fingerprint density at radius 2 is 1.89 bits per heavy atom. The maximum Gasteiger partial charge on any atom is 0.274 e. The minimum Gasteiger partial charge on any atom is -0.497 e. The number of hydrogen-bond acceptors (Lipinski definition) is 5. The van der Waals surface area contributed by atoms with E-state index in [9.17, 15) is 9.18 Å². The molecule has 0 atom stereocenters. The Hall–Kier alpha value is -3.61. The van der Waals surface area contributed by atoms with Crippen LogP contribution < -0.4 is 20.1 Å². The number of rotatable bonds is 7. The number of carbonyl (C=O) groups excluding carboxylic acids is 1. The van der Waals surface area contributed by atoms with E-state index >= 15 is 0 Å². The summed E-state index contributed by atoms with van der Waals surface area (Å²) in [6.07, 6.45) is 1.53. The Labute approximate surface area is 162 Å². The molecule has 0 radical (unpaired) electrons. The van der Waals surface area contributed by atoms with Gasteiger partial charge in [0.05, 0.1) is 31.8 Å². The Morgan fingerprint density at radius 3 is 2.57 bits per heavy atom. The number of hydrogen-bond donors (Lipinski definition) is 2. The maximum absolute atomic E-state index is 13.7. The number of ether oxygens (including phenoxy) is 2. The van der Waals surface area contributed by atoms with Gasteiger partial charge in [0.2, 0.25) is 0 Å². The Kier molecular flexibility index (Phi) is 6.06. The topological polar surface area (TPSA) is 72.5 Å². The van der Waals surface area contributed by atoms with Crippen LogP contribution in [-0.2, 0) is 6.54 Å². The molecule has 6 nitrogen and oxygen atoms in total. The average molecular weight is 381 g/mol. The van der Waals surface area contributed by atoms with Crippen molar-refractivity contribution in [3.05, 3.63) is 77.9 Å². The molecule has 0 aliphatic heterocycles. The molecule has 28 heavy (non-hydrogen) atoms. The van der Waals surface area contributed by atoms with Gasteiger partial charge in [0.15, 0.2) is 0 Å². The highest BCUT2D eigenvalue weighted by Gasteiger charge is 2.12. The van der Waals surface area contributed by atoms with Crippen molar-refractivity contribution >= 4 is 17.3 Å². The molecule has 0 saturated heterocycles. The second-order valence-electron chi connectivity index (χ2n) is 5.90. The van der Waals surface area contributed by atoms with Gasteiger partial charge in [-0.15, -0.1) is 0 Å². The normalized spacial score (nSPS) is 10.2. The highest BCUT2D eigenvalue weighted by atomic mass is 19.1. The van der Waals surface area contributed by atoms with Gasteiger partial charge in [0, 0.05) is 18.2 Å². The van der Waals surface area contributed by atoms with Gasteiger partial charge in [-0.3, -0.25) is 4.79 Å². The molecular weight excluding hydrogens is 361 g/mol. The van der Waals surface area contributed by atoms with E-state index in [-0.39, 0.29) is 17.4 Å². The van der Waals surface area contributed by atoms with Crippen molar-refractivity contribution in [2.45, 2.75) is 6.54 Å². The Morgan fingerprint density at radius 1 is 1.07 bits per heavy atom. The summed E-state index contributed by atoms with van der Waals surface area (Å²) in [7, 11) is 3.07. The van der Waals surface area contributed by atoms with Crippen molar-refractivity contribution in [1.29, 1.82) is 0 Å². The predicted molar refractivity (Wildman–Crippen MR) is 105 cm³/mol. The molecule has 0 spiro atoms. The SMILES string of the molecule is COc1ccc(NC(=O)c2ccc(NCc3ccccc3F)cn2)c(OC)c1. The molecule has 0 fully saturated rings. The predicted octanol–water partition coefficient (Wildman–Crippen LogP) is 4.10. The summed E-state index contributed by atoms with van der Waals surface area (Å²) in [6.45, 7) is 0.322. The highest BCUT2D eigenvalue weighted by Crippen LogP contribution is 2.29. The zero-order chi connectivity index (χ0) is 19.9. The van der Waals surface area contributed by atoms with E-state index in [1.165, 1.54) is 19.4 Å². The summed E-state index contributed by atoms with van der Waals surface area (Å²) in [5, 5.41) is 5.84. The first-order valence-electron chi connectivity index (χ1n) is 8.57. The Bertz CT molecular complexity index is 961. The third kappa shape index (κ3) is 4.56. The molecule has 3 rings (SSSR count). The lowest BCUT2D eigenvalue weighted by molar-refractivity contribution is 0.102. The first-order chi connectivity index (χ1) is 13.6. The third-order valence-corrected chi connectivity index (χ3v) is 4.09. The zero-order valence-electron chi connectivity index (χ0n) is 15.5. The summed E-state index contributed by atoms with van der Waals surface area (Å²) in [5.74, 6) is 0.464. The van der Waals surface area contributed by atoms with Crippen LogP contribution in [0, 0.1) is 5.82 Å². The van der Waals surface area contributed by atoms with Crippen LogP contribution in [0.3, 0.4) is 0 Å². The minimum atomic E-state index is -0.371. The molecule has 0 bridgehead atoms. The van der Waals surface area contributed by atoms with Crippen LogP contribution in [0.15, 0.2) is 60.8 Å². The van der Waals surface area contributed by atoms with Gasteiger partial charge in [-0.05, 0) is 30.3 Å². The molecule has 7 heteroatoms. The molecule has 0 aliphatic carbocycles. The lowest BCUT2D eigenvalue weighted by Crippen LogP contribution is -2.14. The molecule has 1 amide bonds. The molecule has 144 valence electrons. The van der Waals surface area contributed by atoms with Crippen LogP contribution in [0.25, 0.3) is 0 Å². The van der Waals surface area contributed by atoms with Crippen LogP contribution >= 0.6 is 0 Å². The van der Waals surface area contributed by atoms with Gasteiger partial charge >= 0.3 is 0 Å². The smallest absolute Gasteiger partial charge is 0.274 e. The highest BCUT2D eigenvalue weighted by molar-refractivity contribution is 6.03. The Balaban J connectivity index is 1.64. The van der Waals surface area contributed by atoms with Crippen molar-refractivity contribution in [3.8, 4) is 11.5 Å². The lowest BCUT2D eigenvalue weighted by atomic mass is 10.2. The van der Waals surface area contributed by atoms with Crippen molar-refractivity contribution in [2.75, 3.05) is 24.9 Å². The van der Waals surface area contributed by atoms with Gasteiger partial charge < -0.3 is 20.1 Å². The van der Waals surface area contributed by atoms with E-state index in [4.69, 9.17) is 9.47 Å². The number of nitrogens with one attached hydrogen (secondary N) is 2. The monoisotopic (exact) mass is 381 g/mol. The molecule has 0 aliphatic rings. The van der Waals surface area contributed by atoms with Crippen LogP contribution in [0.1, 0.15) is 16.1 Å². The van der Waals surface area contributed by atoms with Crippen LogP contribution in [-0.4, -0.2) is 25.1 Å². The number of halogens is 1. The number of nitrogens with zero attached hydrogens (tertiary/aromatic N) is 1. The number of amides is 1. The summed E-state index contributed by atoms with van der Waals surface area (Å²) < 4.78 is 24.1. The second kappa shape index (κ2) is 8.85. The molecule has 0 saturated carbocycles. The number of methoxy groups -OCH3 is 2. The van der Waals surface area contributed by atoms with Crippen LogP contribution in [0.2, 0.25) is 0 Å². The van der Waals surface area contributed by atoms with Gasteiger partial charge in [-0.2, -0.15) is 0 Å². The lowest BCUT2D eigenvalue weighted by Gasteiger charge is -2.12. The third-order valence-electron chi connectivity index (χ3n) is 4.09. The fourth-order valence-corrected chi connectivity index (χ4v) is 2.56. The van der Waals surface area contributed by atoms with Crippen molar-refractivity contribution in [3.63, 3.8) is 0 Å². The molecular formula is C21H20FN3O3. The standard InChI is InChI=1S/C21H20FN3O3/c1-27-16-8-10-18(20(11-16)28-2)25-21(26)19-9-7-15(13-24-19)23-12-14-5-3-4-6-17(14)22/h3-11,13,23H,12H2,1-2H3,(H,25,26). The van der Waals surface area contributed by atoms with E-state index in [2.05, 4.69) is 15.6 Å². The van der Waals surface area contributed by atoms with E-state index in [0.717, 1.165) is 0 Å². The van der Waals surface area contributed by atoms with Crippen LogP contribution in [0.5, 0.6) is 11.5 Å². The largest absolute Gasteiger partial charge is 0.497 e. The number of anilines is 2. The fraction of sp³-hybridized carbons (Fsp3) is 0.143. The summed E-state index contributed by atoms with van der Waals surface area (Å²) in [6, 6.07) is 14.9. The molecule has 2 aromatic carbocycles. The van der Waals surface area contributed by atoms with Gasteiger partial charge in [-0.1, -0.05) is 18.2 Å². The van der Waals surface area contributed by atoms with Crippen molar-refractivity contribution in [2.24, 2.45) is 0 Å². The summed E-state index contributed by atoms with van der Waals surface area (Å²) in [4.78, 5) is 16.6. The molecule has 2 N–H and O–H groups in total. The number of pyridine rings is 1.